The van der Waals surface area contributed by atoms with E-state index in [0.29, 0.717) is 31.9 Å². The largest absolute Gasteiger partial charge is 0.339 e. The molecule has 0 atom stereocenters. The number of hydrogen-bond donors (Lipinski definition) is 1. The smallest absolute Gasteiger partial charge is 0.322 e. The van der Waals surface area contributed by atoms with Gasteiger partial charge in [0, 0.05) is 51.4 Å². The molecule has 3 amide bonds. The number of aromatic nitrogens is 1. The van der Waals surface area contributed by atoms with Gasteiger partial charge >= 0.3 is 6.03 Å². The molecule has 1 aromatic rings. The van der Waals surface area contributed by atoms with E-state index < -0.39 is 0 Å². The van der Waals surface area contributed by atoms with Crippen molar-refractivity contribution in [3.63, 3.8) is 0 Å². The average molecular weight is 346 g/mol. The first-order valence-corrected chi connectivity index (χ1v) is 9.06. The SMILES string of the molecule is Cn1cc(NC(=O)N2CCN(C(=O)C3CCCCC3)CC2)ccc1=O. The first-order chi connectivity index (χ1) is 12.0. The van der Waals surface area contributed by atoms with Gasteiger partial charge in [0.15, 0.2) is 0 Å². The van der Waals surface area contributed by atoms with E-state index in [4.69, 9.17) is 0 Å². The average Bonchev–Trinajstić information content (AvgIpc) is 2.65. The molecule has 1 aromatic heterocycles. The molecular formula is C18H26N4O3. The number of urea groups is 1. The van der Waals surface area contributed by atoms with Crippen molar-refractivity contribution in [1.29, 1.82) is 0 Å². The first kappa shape index (κ1) is 17.5. The Balaban J connectivity index is 1.51. The fraction of sp³-hybridized carbons (Fsp3) is 0.611. The summed E-state index contributed by atoms with van der Waals surface area (Å²) in [6.07, 6.45) is 7.15. The highest BCUT2D eigenvalue weighted by molar-refractivity contribution is 5.89. The number of carbonyl (C=O) groups excluding carboxylic acids is 2. The summed E-state index contributed by atoms with van der Waals surface area (Å²) in [4.78, 5) is 39.9. The summed E-state index contributed by atoms with van der Waals surface area (Å²) in [5, 5.41) is 2.81. The van der Waals surface area contributed by atoms with Gasteiger partial charge in [-0.15, -0.1) is 0 Å². The van der Waals surface area contributed by atoms with Crippen LogP contribution in [0.5, 0.6) is 0 Å². The molecule has 0 bridgehead atoms. The summed E-state index contributed by atoms with van der Waals surface area (Å²) in [6.45, 7) is 2.26. The van der Waals surface area contributed by atoms with E-state index in [1.165, 1.54) is 17.1 Å². The minimum Gasteiger partial charge on any atom is -0.339 e. The topological polar surface area (TPSA) is 74.7 Å². The molecule has 1 aliphatic heterocycles. The third-order valence-electron chi connectivity index (χ3n) is 5.17. The molecule has 1 aliphatic carbocycles. The molecule has 136 valence electrons. The summed E-state index contributed by atoms with van der Waals surface area (Å²) in [6, 6.07) is 2.84. The van der Waals surface area contributed by atoms with Crippen LogP contribution in [0.4, 0.5) is 10.5 Å². The van der Waals surface area contributed by atoms with Gasteiger partial charge < -0.3 is 19.7 Å². The van der Waals surface area contributed by atoms with Crippen molar-refractivity contribution < 1.29 is 9.59 Å². The molecule has 25 heavy (non-hydrogen) atoms. The lowest BCUT2D eigenvalue weighted by atomic mass is 9.88. The number of amides is 3. The van der Waals surface area contributed by atoms with Gasteiger partial charge in [-0.05, 0) is 18.9 Å². The van der Waals surface area contributed by atoms with Crippen molar-refractivity contribution in [3.05, 3.63) is 28.7 Å². The molecule has 3 rings (SSSR count). The number of anilines is 1. The fourth-order valence-electron chi connectivity index (χ4n) is 3.61. The molecule has 7 nitrogen and oxygen atoms in total. The van der Waals surface area contributed by atoms with Gasteiger partial charge in [-0.25, -0.2) is 4.79 Å². The molecule has 2 fully saturated rings. The minimum atomic E-state index is -0.191. The summed E-state index contributed by atoms with van der Waals surface area (Å²) < 4.78 is 1.43. The number of aryl methyl sites for hydroxylation is 1. The number of carbonyl (C=O) groups is 2. The van der Waals surface area contributed by atoms with E-state index >= 15 is 0 Å². The van der Waals surface area contributed by atoms with Crippen molar-refractivity contribution in [1.82, 2.24) is 14.4 Å². The molecule has 2 aliphatic rings. The standard InChI is InChI=1S/C18H26N4O3/c1-20-13-15(7-8-16(20)23)19-18(25)22-11-9-21(10-12-22)17(24)14-5-3-2-4-6-14/h7-8,13-14H,2-6,9-12H2,1H3,(H,19,25). The van der Waals surface area contributed by atoms with Crippen LogP contribution in [0.3, 0.4) is 0 Å². The van der Waals surface area contributed by atoms with Crippen LogP contribution in [0.1, 0.15) is 32.1 Å². The zero-order valence-corrected chi connectivity index (χ0v) is 14.7. The Kier molecular flexibility index (Phi) is 5.40. The minimum absolute atomic E-state index is 0.118. The van der Waals surface area contributed by atoms with E-state index in [9.17, 15) is 14.4 Å². The van der Waals surface area contributed by atoms with Crippen LogP contribution in [0, 0.1) is 5.92 Å². The van der Waals surface area contributed by atoms with Gasteiger partial charge in [0.05, 0.1) is 5.69 Å². The van der Waals surface area contributed by atoms with Crippen LogP contribution in [0.15, 0.2) is 23.1 Å². The van der Waals surface area contributed by atoms with E-state index in [2.05, 4.69) is 5.32 Å². The molecule has 0 unspecified atom stereocenters. The molecule has 0 spiro atoms. The predicted octanol–water partition coefficient (Wildman–Crippen LogP) is 1.64. The lowest BCUT2D eigenvalue weighted by Crippen LogP contribution is -2.53. The van der Waals surface area contributed by atoms with Crippen LogP contribution >= 0.6 is 0 Å². The quantitative estimate of drug-likeness (QED) is 0.885. The Bertz CT molecular complexity index is 686. The second-order valence-electron chi connectivity index (χ2n) is 6.94. The zero-order chi connectivity index (χ0) is 17.8. The van der Waals surface area contributed by atoms with Crippen molar-refractivity contribution in [2.45, 2.75) is 32.1 Å². The number of piperazine rings is 1. The highest BCUT2D eigenvalue weighted by atomic mass is 16.2. The zero-order valence-electron chi connectivity index (χ0n) is 14.7. The number of nitrogens with zero attached hydrogens (tertiary/aromatic N) is 3. The third kappa shape index (κ3) is 4.21. The highest BCUT2D eigenvalue weighted by Gasteiger charge is 2.29. The predicted molar refractivity (Wildman–Crippen MR) is 95.4 cm³/mol. The van der Waals surface area contributed by atoms with E-state index in [-0.39, 0.29) is 23.4 Å². The monoisotopic (exact) mass is 346 g/mol. The first-order valence-electron chi connectivity index (χ1n) is 9.06. The van der Waals surface area contributed by atoms with Crippen molar-refractivity contribution in [3.8, 4) is 0 Å². The fourth-order valence-corrected chi connectivity index (χ4v) is 3.61. The van der Waals surface area contributed by atoms with Crippen molar-refractivity contribution >= 4 is 17.6 Å². The maximum absolute atomic E-state index is 12.6. The van der Waals surface area contributed by atoms with Gasteiger partial charge in [0.1, 0.15) is 0 Å². The second kappa shape index (κ2) is 7.72. The van der Waals surface area contributed by atoms with Crippen molar-refractivity contribution in [2.75, 3.05) is 31.5 Å². The Morgan fingerprint density at radius 2 is 1.64 bits per heavy atom. The molecule has 7 heteroatoms. The van der Waals surface area contributed by atoms with Gasteiger partial charge in [-0.3, -0.25) is 9.59 Å². The molecule has 0 radical (unpaired) electrons. The number of hydrogen-bond acceptors (Lipinski definition) is 3. The normalized spacial score (nSPS) is 18.9. The van der Waals surface area contributed by atoms with Gasteiger partial charge in [0.2, 0.25) is 11.5 Å². The second-order valence-corrected chi connectivity index (χ2v) is 6.94. The summed E-state index contributed by atoms with van der Waals surface area (Å²) in [7, 11) is 1.65. The van der Waals surface area contributed by atoms with Gasteiger partial charge in [0.25, 0.3) is 0 Å². The van der Waals surface area contributed by atoms with Gasteiger partial charge in [-0.2, -0.15) is 0 Å². The van der Waals surface area contributed by atoms with E-state index in [0.717, 1.165) is 25.7 Å². The van der Waals surface area contributed by atoms with Gasteiger partial charge in [-0.1, -0.05) is 19.3 Å². The Hall–Kier alpha value is -2.31. The molecule has 1 N–H and O–H groups in total. The number of pyridine rings is 1. The lowest BCUT2D eigenvalue weighted by Gasteiger charge is -2.37. The molecule has 1 saturated heterocycles. The lowest BCUT2D eigenvalue weighted by molar-refractivity contribution is -0.137. The third-order valence-corrected chi connectivity index (χ3v) is 5.17. The molecular weight excluding hydrogens is 320 g/mol. The Morgan fingerprint density at radius 3 is 2.28 bits per heavy atom. The van der Waals surface area contributed by atoms with E-state index in [1.807, 2.05) is 4.90 Å². The van der Waals surface area contributed by atoms with Crippen LogP contribution in [0.2, 0.25) is 0 Å². The Labute approximate surface area is 147 Å². The van der Waals surface area contributed by atoms with Crippen LogP contribution in [0.25, 0.3) is 0 Å². The number of rotatable bonds is 2. The van der Waals surface area contributed by atoms with Crippen LogP contribution < -0.4 is 10.9 Å². The molecule has 1 saturated carbocycles. The van der Waals surface area contributed by atoms with Crippen LogP contribution in [-0.2, 0) is 11.8 Å². The Morgan fingerprint density at radius 1 is 1.00 bits per heavy atom. The summed E-state index contributed by atoms with van der Waals surface area (Å²) >= 11 is 0. The highest BCUT2D eigenvalue weighted by Crippen LogP contribution is 2.25. The number of nitrogens with one attached hydrogen (secondary N) is 1. The summed E-state index contributed by atoms with van der Waals surface area (Å²) in [5.41, 5.74) is 0.473. The van der Waals surface area contributed by atoms with Crippen LogP contribution in [-0.4, -0.2) is 52.5 Å². The maximum atomic E-state index is 12.6. The molecule has 2 heterocycles. The molecule has 0 aromatic carbocycles. The summed E-state index contributed by atoms with van der Waals surface area (Å²) in [5.74, 6) is 0.442. The van der Waals surface area contributed by atoms with Crippen molar-refractivity contribution in [2.24, 2.45) is 13.0 Å². The van der Waals surface area contributed by atoms with E-state index in [1.54, 1.807) is 24.2 Å². The maximum Gasteiger partial charge on any atom is 0.322 e.